The van der Waals surface area contributed by atoms with Gasteiger partial charge in [-0.1, -0.05) is 70.4 Å². The molecule has 148 valence electrons. The molecule has 0 saturated carbocycles. The van der Waals surface area contributed by atoms with Gasteiger partial charge in [-0.2, -0.15) is 0 Å². The molecule has 0 radical (unpaired) electrons. The lowest BCUT2D eigenvalue weighted by Crippen LogP contribution is -2.25. The molecule has 2 N–H and O–H groups in total. The smallest absolute Gasteiger partial charge is 0.322 e. The summed E-state index contributed by atoms with van der Waals surface area (Å²) >= 11 is 0. The highest BCUT2D eigenvalue weighted by Gasteiger charge is 2.09. The van der Waals surface area contributed by atoms with E-state index in [0.29, 0.717) is 6.42 Å². The van der Waals surface area contributed by atoms with Crippen LogP contribution >= 0.6 is 0 Å². The summed E-state index contributed by atoms with van der Waals surface area (Å²) in [4.78, 5) is 11.2. The van der Waals surface area contributed by atoms with Crippen LogP contribution in [0.4, 0.5) is 0 Å². The quantitative estimate of drug-likeness (QED) is 0.155. The first-order chi connectivity index (χ1) is 12.2. The van der Waals surface area contributed by atoms with Gasteiger partial charge in [0.25, 0.3) is 0 Å². The van der Waals surface area contributed by atoms with Crippen molar-refractivity contribution in [3.63, 3.8) is 0 Å². The van der Waals surface area contributed by atoms with Crippen LogP contribution in [-0.2, 0) is 9.53 Å². The second-order valence-electron chi connectivity index (χ2n) is 6.85. The summed E-state index contributed by atoms with van der Waals surface area (Å²) in [6.45, 7) is 2.40. The fraction of sp³-hybridized carbons (Fsp3) is 0.857. The Hall–Kier alpha value is -0.870. The molecule has 0 aromatic rings. The topological polar surface area (TPSA) is 58.6 Å². The van der Waals surface area contributed by atoms with Gasteiger partial charge in [0.05, 0.1) is 6.54 Å². The summed E-state index contributed by atoms with van der Waals surface area (Å²) in [7, 11) is 1.68. The summed E-state index contributed by atoms with van der Waals surface area (Å²) in [6.07, 6.45) is 20.5. The van der Waals surface area contributed by atoms with Crippen molar-refractivity contribution in [2.75, 3.05) is 13.6 Å². The zero-order valence-corrected chi connectivity index (χ0v) is 16.6. The van der Waals surface area contributed by atoms with E-state index >= 15 is 0 Å². The van der Waals surface area contributed by atoms with E-state index in [1.807, 2.05) is 0 Å². The molecule has 0 amide bonds. The van der Waals surface area contributed by atoms with E-state index in [9.17, 15) is 9.90 Å². The van der Waals surface area contributed by atoms with Gasteiger partial charge in [-0.05, 0) is 39.2 Å². The molecule has 0 bridgehead atoms. The molecule has 25 heavy (non-hydrogen) atoms. The lowest BCUT2D eigenvalue weighted by molar-refractivity contribution is -0.167. The monoisotopic (exact) mass is 355 g/mol. The number of aliphatic hydroxyl groups is 1. The first kappa shape index (κ1) is 24.1. The van der Waals surface area contributed by atoms with E-state index in [1.54, 1.807) is 7.05 Å². The number of aliphatic hydroxyl groups excluding tert-OH is 1. The number of ether oxygens (including phenoxy) is 1. The number of likely N-dealkylation sites (N-methyl/N-ethyl adjacent to an activating group) is 1. The number of rotatable bonds is 18. The van der Waals surface area contributed by atoms with Crippen molar-refractivity contribution in [3.8, 4) is 0 Å². The molecule has 0 rings (SSSR count). The summed E-state index contributed by atoms with van der Waals surface area (Å²) in [5, 5.41) is 12.3. The van der Waals surface area contributed by atoms with Gasteiger partial charge in [0.2, 0.25) is 6.29 Å². The molecule has 4 heteroatoms. The van der Waals surface area contributed by atoms with Crippen LogP contribution in [0.1, 0.15) is 96.8 Å². The van der Waals surface area contributed by atoms with Gasteiger partial charge in [-0.15, -0.1) is 0 Å². The standard InChI is InChI=1S/C21H41NO3/c1-3-4-5-6-7-8-9-10-11-12-13-14-15-16-17-18-20(23)25-21(24)19-22-2/h10-11,20,22-23H,3-9,12-19H2,1-2H3. The van der Waals surface area contributed by atoms with Crippen molar-refractivity contribution in [2.24, 2.45) is 0 Å². The SMILES string of the molecule is CCCCCCCCC=CCCCCCCCC(O)OC(=O)CNC. The Bertz CT molecular complexity index is 318. The van der Waals surface area contributed by atoms with E-state index < -0.39 is 12.3 Å². The summed E-state index contributed by atoms with van der Waals surface area (Å²) in [5.74, 6) is -0.400. The highest BCUT2D eigenvalue weighted by Crippen LogP contribution is 2.11. The fourth-order valence-corrected chi connectivity index (χ4v) is 2.79. The molecular formula is C21H41NO3. The Morgan fingerprint density at radius 3 is 2.00 bits per heavy atom. The number of hydrogen-bond acceptors (Lipinski definition) is 4. The minimum atomic E-state index is -0.953. The minimum absolute atomic E-state index is 0.142. The third-order valence-electron chi connectivity index (χ3n) is 4.30. The maximum Gasteiger partial charge on any atom is 0.322 e. The van der Waals surface area contributed by atoms with Crippen LogP contribution in [-0.4, -0.2) is 31.0 Å². The summed E-state index contributed by atoms with van der Waals surface area (Å²) in [5.41, 5.74) is 0. The molecule has 0 fully saturated rings. The second-order valence-corrected chi connectivity index (χ2v) is 6.85. The molecule has 4 nitrogen and oxygen atoms in total. The highest BCUT2D eigenvalue weighted by molar-refractivity contribution is 5.71. The molecule has 0 aliphatic rings. The Kier molecular flexibility index (Phi) is 18.8. The third-order valence-corrected chi connectivity index (χ3v) is 4.30. The Morgan fingerprint density at radius 1 is 0.920 bits per heavy atom. The van der Waals surface area contributed by atoms with Crippen molar-refractivity contribution >= 4 is 5.97 Å². The van der Waals surface area contributed by atoms with Gasteiger partial charge < -0.3 is 15.2 Å². The molecule has 0 aliphatic carbocycles. The molecule has 1 unspecified atom stereocenters. The van der Waals surface area contributed by atoms with E-state index in [0.717, 1.165) is 12.8 Å². The number of allylic oxidation sites excluding steroid dienone is 2. The number of unbranched alkanes of at least 4 members (excludes halogenated alkanes) is 11. The third kappa shape index (κ3) is 19.3. The fourth-order valence-electron chi connectivity index (χ4n) is 2.79. The van der Waals surface area contributed by atoms with Gasteiger partial charge in [-0.3, -0.25) is 4.79 Å². The van der Waals surface area contributed by atoms with E-state index in [2.05, 4.69) is 24.4 Å². The Labute approximate surface area is 155 Å². The molecule has 0 heterocycles. The van der Waals surface area contributed by atoms with E-state index in [-0.39, 0.29) is 6.54 Å². The first-order valence-electron chi connectivity index (χ1n) is 10.4. The predicted octanol–water partition coefficient (Wildman–Crippen LogP) is 5.10. The van der Waals surface area contributed by atoms with E-state index in [1.165, 1.54) is 70.6 Å². The molecule has 0 aromatic heterocycles. The normalized spacial score (nSPS) is 12.6. The molecule has 0 aliphatic heterocycles. The van der Waals surface area contributed by atoms with Gasteiger partial charge >= 0.3 is 5.97 Å². The molecular weight excluding hydrogens is 314 g/mol. The zero-order chi connectivity index (χ0) is 18.6. The first-order valence-corrected chi connectivity index (χ1v) is 10.4. The molecule has 1 atom stereocenters. The Morgan fingerprint density at radius 2 is 1.44 bits per heavy atom. The van der Waals surface area contributed by atoms with Crippen LogP contribution in [0.2, 0.25) is 0 Å². The van der Waals surface area contributed by atoms with Crippen LogP contribution in [0.15, 0.2) is 12.2 Å². The predicted molar refractivity (Wildman–Crippen MR) is 105 cm³/mol. The van der Waals surface area contributed by atoms with Crippen LogP contribution in [0.5, 0.6) is 0 Å². The summed E-state index contributed by atoms with van der Waals surface area (Å²) < 4.78 is 4.85. The van der Waals surface area contributed by atoms with Crippen molar-refractivity contribution in [2.45, 2.75) is 103 Å². The lowest BCUT2D eigenvalue weighted by Gasteiger charge is -2.11. The van der Waals surface area contributed by atoms with Gasteiger partial charge in [0, 0.05) is 6.42 Å². The van der Waals surface area contributed by atoms with Crippen LogP contribution in [0.3, 0.4) is 0 Å². The number of carbonyl (C=O) groups is 1. The number of hydrogen-bond donors (Lipinski definition) is 2. The van der Waals surface area contributed by atoms with Crippen LogP contribution in [0, 0.1) is 0 Å². The minimum Gasteiger partial charge on any atom is -0.435 e. The van der Waals surface area contributed by atoms with Crippen LogP contribution in [0.25, 0.3) is 0 Å². The Balaban J connectivity index is 3.25. The molecule has 0 spiro atoms. The number of nitrogens with one attached hydrogen (secondary N) is 1. The maximum absolute atomic E-state index is 11.2. The van der Waals surface area contributed by atoms with Gasteiger partial charge in [0.1, 0.15) is 0 Å². The average Bonchev–Trinajstić information content (AvgIpc) is 2.58. The van der Waals surface area contributed by atoms with Crippen molar-refractivity contribution in [3.05, 3.63) is 12.2 Å². The largest absolute Gasteiger partial charge is 0.435 e. The molecule has 0 aromatic carbocycles. The summed E-state index contributed by atoms with van der Waals surface area (Å²) in [6, 6.07) is 0. The second kappa shape index (κ2) is 19.5. The molecule has 0 saturated heterocycles. The average molecular weight is 356 g/mol. The van der Waals surface area contributed by atoms with E-state index in [4.69, 9.17) is 4.74 Å². The van der Waals surface area contributed by atoms with Gasteiger partial charge in [-0.25, -0.2) is 0 Å². The number of esters is 1. The van der Waals surface area contributed by atoms with Gasteiger partial charge in [0.15, 0.2) is 0 Å². The lowest BCUT2D eigenvalue weighted by atomic mass is 10.1. The number of carbonyl (C=O) groups excluding carboxylic acids is 1. The van der Waals surface area contributed by atoms with Crippen molar-refractivity contribution in [1.29, 1.82) is 0 Å². The van der Waals surface area contributed by atoms with Crippen molar-refractivity contribution in [1.82, 2.24) is 5.32 Å². The zero-order valence-electron chi connectivity index (χ0n) is 16.6. The highest BCUT2D eigenvalue weighted by atomic mass is 16.6. The maximum atomic E-state index is 11.2. The van der Waals surface area contributed by atoms with Crippen LogP contribution < -0.4 is 5.32 Å². The van der Waals surface area contributed by atoms with Crippen molar-refractivity contribution < 1.29 is 14.6 Å².